The molecule has 1 fully saturated rings. The van der Waals surface area contributed by atoms with E-state index in [-0.39, 0.29) is 17.0 Å². The Hall–Kier alpha value is -2.72. The van der Waals surface area contributed by atoms with Gasteiger partial charge in [-0.3, -0.25) is 9.59 Å². The molecule has 0 saturated carbocycles. The number of thioether (sulfide) groups is 1. The molecule has 1 N–H and O–H groups in total. The SMILES string of the molecule is Cc1ccc2[nH]c(=O)c(C#N)c(N3CCN(C(=O)C4=CCCS4)CC3)c2c1. The van der Waals surface area contributed by atoms with Crippen LogP contribution in [-0.2, 0) is 4.79 Å². The molecule has 7 heteroatoms. The molecule has 0 aliphatic carbocycles. The van der Waals surface area contributed by atoms with Crippen molar-refractivity contribution in [1.82, 2.24) is 9.88 Å². The fourth-order valence-corrected chi connectivity index (χ4v) is 4.62. The van der Waals surface area contributed by atoms with Crippen LogP contribution in [0.4, 0.5) is 5.69 Å². The van der Waals surface area contributed by atoms with Crippen LogP contribution >= 0.6 is 11.8 Å². The standard InChI is InChI=1S/C20H20N4O2S/c1-13-4-5-16-14(11-13)18(15(12-21)19(25)22-16)23-6-8-24(9-7-23)20(26)17-3-2-10-27-17/h3-5,11H,2,6-10H2,1H3,(H,22,25). The van der Waals surface area contributed by atoms with Gasteiger partial charge >= 0.3 is 0 Å². The Morgan fingerprint density at radius 1 is 1.26 bits per heavy atom. The fraction of sp³-hybridized carbons (Fsp3) is 0.350. The summed E-state index contributed by atoms with van der Waals surface area (Å²) in [5.41, 5.74) is 2.25. The van der Waals surface area contributed by atoms with Crippen molar-refractivity contribution in [3.8, 4) is 6.07 Å². The van der Waals surface area contributed by atoms with Crippen LogP contribution in [0.3, 0.4) is 0 Å². The molecule has 0 atom stereocenters. The van der Waals surface area contributed by atoms with Crippen LogP contribution in [0.1, 0.15) is 17.5 Å². The molecule has 1 saturated heterocycles. The zero-order valence-electron chi connectivity index (χ0n) is 15.1. The number of piperazine rings is 1. The summed E-state index contributed by atoms with van der Waals surface area (Å²) in [5.74, 6) is 1.08. The fourth-order valence-electron chi connectivity index (χ4n) is 3.68. The lowest BCUT2D eigenvalue weighted by molar-refractivity contribution is -0.126. The number of fused-ring (bicyclic) bond motifs is 1. The van der Waals surface area contributed by atoms with Crippen LogP contribution in [0.15, 0.2) is 34.0 Å². The molecular formula is C20H20N4O2S. The molecule has 3 heterocycles. The lowest BCUT2D eigenvalue weighted by Gasteiger charge is -2.37. The normalized spacial score (nSPS) is 17.1. The van der Waals surface area contributed by atoms with Gasteiger partial charge in [-0.2, -0.15) is 5.26 Å². The van der Waals surface area contributed by atoms with E-state index in [0.717, 1.165) is 33.5 Å². The summed E-state index contributed by atoms with van der Waals surface area (Å²) < 4.78 is 0. The molecule has 2 aromatic rings. The number of amides is 1. The van der Waals surface area contributed by atoms with Crippen LogP contribution in [0, 0.1) is 18.3 Å². The molecule has 4 rings (SSSR count). The number of nitrogens with zero attached hydrogens (tertiary/aromatic N) is 3. The van der Waals surface area contributed by atoms with E-state index in [2.05, 4.69) is 16.0 Å². The zero-order chi connectivity index (χ0) is 19.0. The molecule has 0 spiro atoms. The molecule has 1 aromatic heterocycles. The first-order valence-corrected chi connectivity index (χ1v) is 10.0. The highest BCUT2D eigenvalue weighted by molar-refractivity contribution is 8.04. The Balaban J connectivity index is 1.66. The van der Waals surface area contributed by atoms with Crippen molar-refractivity contribution in [1.29, 1.82) is 5.26 Å². The maximum atomic E-state index is 12.6. The van der Waals surface area contributed by atoms with Crippen LogP contribution < -0.4 is 10.5 Å². The third-order valence-electron chi connectivity index (χ3n) is 5.05. The smallest absolute Gasteiger partial charge is 0.268 e. The van der Waals surface area contributed by atoms with Crippen LogP contribution in [0.5, 0.6) is 0 Å². The van der Waals surface area contributed by atoms with Gasteiger partial charge in [-0.15, -0.1) is 11.8 Å². The number of rotatable bonds is 2. The van der Waals surface area contributed by atoms with Gasteiger partial charge in [0.05, 0.1) is 16.1 Å². The molecule has 27 heavy (non-hydrogen) atoms. The number of allylic oxidation sites excluding steroid dienone is 1. The minimum atomic E-state index is -0.366. The Morgan fingerprint density at radius 2 is 2.04 bits per heavy atom. The maximum Gasteiger partial charge on any atom is 0.268 e. The van der Waals surface area contributed by atoms with Crippen LogP contribution in [0.2, 0.25) is 0 Å². The zero-order valence-corrected chi connectivity index (χ0v) is 15.9. The van der Waals surface area contributed by atoms with E-state index < -0.39 is 0 Å². The second kappa shape index (κ2) is 7.12. The number of benzene rings is 1. The number of aromatic nitrogens is 1. The number of nitriles is 1. The lowest BCUT2D eigenvalue weighted by atomic mass is 10.1. The van der Waals surface area contributed by atoms with Gasteiger partial charge in [-0.25, -0.2) is 0 Å². The van der Waals surface area contributed by atoms with E-state index in [4.69, 9.17) is 0 Å². The number of hydrogen-bond donors (Lipinski definition) is 1. The summed E-state index contributed by atoms with van der Waals surface area (Å²) in [4.78, 5) is 32.5. The predicted molar refractivity (Wildman–Crippen MR) is 108 cm³/mol. The Labute approximate surface area is 161 Å². The highest BCUT2D eigenvalue weighted by atomic mass is 32.2. The van der Waals surface area contributed by atoms with Gasteiger partial charge in [0, 0.05) is 37.3 Å². The highest BCUT2D eigenvalue weighted by Gasteiger charge is 2.27. The van der Waals surface area contributed by atoms with E-state index >= 15 is 0 Å². The number of nitrogens with one attached hydrogen (secondary N) is 1. The Bertz CT molecular complexity index is 1040. The highest BCUT2D eigenvalue weighted by Crippen LogP contribution is 2.30. The number of pyridine rings is 1. The first-order valence-electron chi connectivity index (χ1n) is 9.02. The number of aryl methyl sites for hydroxylation is 1. The largest absolute Gasteiger partial charge is 0.366 e. The van der Waals surface area contributed by atoms with Crippen molar-refractivity contribution in [3.63, 3.8) is 0 Å². The number of carbonyl (C=O) groups excluding carboxylic acids is 1. The number of H-pyrrole nitrogens is 1. The first-order chi connectivity index (χ1) is 13.1. The topological polar surface area (TPSA) is 80.2 Å². The van der Waals surface area contributed by atoms with Gasteiger partial charge < -0.3 is 14.8 Å². The summed E-state index contributed by atoms with van der Waals surface area (Å²) in [7, 11) is 0. The summed E-state index contributed by atoms with van der Waals surface area (Å²) in [6.45, 7) is 4.36. The average Bonchev–Trinajstić information content (AvgIpc) is 3.22. The van der Waals surface area contributed by atoms with Crippen LogP contribution in [0.25, 0.3) is 10.9 Å². The van der Waals surface area contributed by atoms with Crippen molar-refractivity contribution in [2.24, 2.45) is 0 Å². The van der Waals surface area contributed by atoms with Crippen molar-refractivity contribution >= 4 is 34.3 Å². The molecule has 2 aliphatic heterocycles. The van der Waals surface area contributed by atoms with Crippen molar-refractivity contribution in [2.75, 3.05) is 36.8 Å². The molecule has 1 amide bonds. The monoisotopic (exact) mass is 380 g/mol. The van der Waals surface area contributed by atoms with Gasteiger partial charge in [0.15, 0.2) is 0 Å². The second-order valence-electron chi connectivity index (χ2n) is 6.82. The second-order valence-corrected chi connectivity index (χ2v) is 7.96. The Kier molecular flexibility index (Phi) is 4.66. The van der Waals surface area contributed by atoms with E-state index in [1.807, 2.05) is 36.1 Å². The molecule has 1 aromatic carbocycles. The minimum absolute atomic E-state index is 0.101. The predicted octanol–water partition coefficient (Wildman–Crippen LogP) is 2.38. The van der Waals surface area contributed by atoms with E-state index in [1.165, 1.54) is 0 Å². The van der Waals surface area contributed by atoms with Crippen molar-refractivity contribution in [2.45, 2.75) is 13.3 Å². The van der Waals surface area contributed by atoms with E-state index in [1.54, 1.807) is 11.8 Å². The van der Waals surface area contributed by atoms with Crippen molar-refractivity contribution < 1.29 is 4.79 Å². The van der Waals surface area contributed by atoms with Gasteiger partial charge in [0.2, 0.25) is 0 Å². The molecular weight excluding hydrogens is 360 g/mol. The van der Waals surface area contributed by atoms with Gasteiger partial charge in [0.1, 0.15) is 11.6 Å². The van der Waals surface area contributed by atoms with E-state index in [0.29, 0.717) is 31.9 Å². The number of anilines is 1. The summed E-state index contributed by atoms with van der Waals surface area (Å²) in [6.07, 6.45) is 2.97. The third-order valence-corrected chi connectivity index (χ3v) is 6.15. The molecule has 0 unspecified atom stereocenters. The number of hydrogen-bond acceptors (Lipinski definition) is 5. The maximum absolute atomic E-state index is 12.6. The minimum Gasteiger partial charge on any atom is -0.366 e. The molecule has 0 bridgehead atoms. The van der Waals surface area contributed by atoms with Crippen molar-refractivity contribution in [3.05, 3.63) is 50.7 Å². The molecule has 0 radical (unpaired) electrons. The summed E-state index contributed by atoms with van der Waals surface area (Å²) >= 11 is 1.62. The number of carbonyl (C=O) groups is 1. The number of aromatic amines is 1. The first kappa shape index (κ1) is 17.7. The van der Waals surface area contributed by atoms with E-state index in [9.17, 15) is 14.9 Å². The van der Waals surface area contributed by atoms with Gasteiger partial charge in [0.25, 0.3) is 11.5 Å². The Morgan fingerprint density at radius 3 is 2.70 bits per heavy atom. The molecule has 6 nitrogen and oxygen atoms in total. The van der Waals surface area contributed by atoms with Gasteiger partial charge in [-0.05, 0) is 25.5 Å². The van der Waals surface area contributed by atoms with Gasteiger partial charge in [-0.1, -0.05) is 17.7 Å². The lowest BCUT2D eigenvalue weighted by Crippen LogP contribution is -2.49. The average molecular weight is 380 g/mol. The van der Waals surface area contributed by atoms with Crippen LogP contribution in [-0.4, -0.2) is 47.7 Å². The molecule has 2 aliphatic rings. The third kappa shape index (κ3) is 3.21. The summed E-state index contributed by atoms with van der Waals surface area (Å²) in [6, 6.07) is 7.89. The molecule has 138 valence electrons. The quantitative estimate of drug-likeness (QED) is 0.865. The summed E-state index contributed by atoms with van der Waals surface area (Å²) in [5, 5.41) is 10.4.